The molecule has 2 N–H and O–H groups in total. The maximum atomic E-state index is 12.2. The van der Waals surface area contributed by atoms with E-state index in [0.29, 0.717) is 0 Å². The van der Waals surface area contributed by atoms with Gasteiger partial charge in [0.05, 0.1) is 17.9 Å². The second-order valence-electron chi connectivity index (χ2n) is 6.60. The van der Waals surface area contributed by atoms with Gasteiger partial charge in [-0.05, 0) is 23.6 Å². The lowest BCUT2D eigenvalue weighted by atomic mass is 10.0. The van der Waals surface area contributed by atoms with Gasteiger partial charge in [-0.15, -0.1) is 0 Å². The fourth-order valence-electron chi connectivity index (χ4n) is 2.00. The lowest BCUT2D eigenvalue weighted by Crippen LogP contribution is -2.38. The molecule has 0 bridgehead atoms. The summed E-state index contributed by atoms with van der Waals surface area (Å²) in [5.41, 5.74) is 1.02. The summed E-state index contributed by atoms with van der Waals surface area (Å²) in [6.07, 6.45) is -0.229. The van der Waals surface area contributed by atoms with Crippen LogP contribution in [0.25, 0.3) is 0 Å². The van der Waals surface area contributed by atoms with Gasteiger partial charge >= 0.3 is 5.97 Å². The van der Waals surface area contributed by atoms with E-state index in [1.54, 1.807) is 26.2 Å². The number of nitrogens with one attached hydrogen (secondary N) is 2. The zero-order chi connectivity index (χ0) is 21.3. The predicted molar refractivity (Wildman–Crippen MR) is 103 cm³/mol. The van der Waals surface area contributed by atoms with Gasteiger partial charge < -0.3 is 15.0 Å². The predicted octanol–water partition coefficient (Wildman–Crippen LogP) is 0.226. The quantitative estimate of drug-likeness (QED) is 0.530. The molecule has 1 rings (SSSR count). The summed E-state index contributed by atoms with van der Waals surface area (Å²) in [7, 11) is -0.635. The van der Waals surface area contributed by atoms with Crippen LogP contribution < -0.4 is 10.0 Å². The standard InChI is InChI=1S/C18H27N3O6S/c1-13(2)14-5-7-15(8-6-14)28(25,26)20-10-9-18(24)27-12-16(22)19-11-17(23)21(3)4/h5-8,13,20H,9-12H2,1-4H3,(H,19,22). The van der Waals surface area contributed by atoms with Crippen molar-refractivity contribution in [3.05, 3.63) is 29.8 Å². The number of sulfonamides is 1. The summed E-state index contributed by atoms with van der Waals surface area (Å²) >= 11 is 0. The highest BCUT2D eigenvalue weighted by Crippen LogP contribution is 2.17. The lowest BCUT2D eigenvalue weighted by Gasteiger charge is -2.11. The third-order valence-corrected chi connectivity index (χ3v) is 5.26. The van der Waals surface area contributed by atoms with Crippen molar-refractivity contribution in [1.82, 2.24) is 14.9 Å². The number of esters is 1. The summed E-state index contributed by atoms with van der Waals surface area (Å²) in [6.45, 7) is 3.12. The monoisotopic (exact) mass is 413 g/mol. The Morgan fingerprint density at radius 1 is 1.11 bits per heavy atom. The zero-order valence-corrected chi connectivity index (χ0v) is 17.3. The summed E-state index contributed by atoms with van der Waals surface area (Å²) in [5, 5.41) is 2.31. The highest BCUT2D eigenvalue weighted by molar-refractivity contribution is 7.89. The molecule has 10 heteroatoms. The van der Waals surface area contributed by atoms with E-state index < -0.39 is 28.5 Å². The number of likely N-dealkylation sites (N-methyl/N-ethyl adjacent to an activating group) is 1. The second kappa shape index (κ2) is 10.8. The van der Waals surface area contributed by atoms with Crippen molar-refractivity contribution in [3.8, 4) is 0 Å². The fourth-order valence-corrected chi connectivity index (χ4v) is 3.04. The second-order valence-corrected chi connectivity index (χ2v) is 8.36. The first-order valence-electron chi connectivity index (χ1n) is 8.75. The molecule has 0 aromatic heterocycles. The largest absolute Gasteiger partial charge is 0.456 e. The van der Waals surface area contributed by atoms with Crippen LogP contribution >= 0.6 is 0 Å². The highest BCUT2D eigenvalue weighted by atomic mass is 32.2. The van der Waals surface area contributed by atoms with Gasteiger partial charge in [-0.25, -0.2) is 13.1 Å². The Balaban J connectivity index is 2.36. The van der Waals surface area contributed by atoms with Gasteiger partial charge in [0.1, 0.15) is 0 Å². The minimum atomic E-state index is -3.74. The van der Waals surface area contributed by atoms with E-state index in [2.05, 4.69) is 10.0 Å². The molecule has 0 spiro atoms. The topological polar surface area (TPSA) is 122 Å². The fraction of sp³-hybridized carbons (Fsp3) is 0.500. The average molecular weight is 413 g/mol. The van der Waals surface area contributed by atoms with E-state index >= 15 is 0 Å². The maximum absolute atomic E-state index is 12.2. The Morgan fingerprint density at radius 2 is 1.71 bits per heavy atom. The van der Waals surface area contributed by atoms with Crippen LogP contribution in [-0.2, 0) is 29.1 Å². The van der Waals surface area contributed by atoms with Crippen molar-refractivity contribution < 1.29 is 27.5 Å². The van der Waals surface area contributed by atoms with E-state index in [1.807, 2.05) is 13.8 Å². The molecule has 0 fully saturated rings. The molecule has 0 saturated heterocycles. The molecular formula is C18H27N3O6S. The molecule has 156 valence electrons. The third kappa shape index (κ3) is 8.05. The number of hydrogen-bond donors (Lipinski definition) is 2. The van der Waals surface area contributed by atoms with Gasteiger partial charge in [0.25, 0.3) is 5.91 Å². The van der Waals surface area contributed by atoms with Gasteiger partial charge in [-0.3, -0.25) is 14.4 Å². The number of carbonyl (C=O) groups excluding carboxylic acids is 3. The van der Waals surface area contributed by atoms with Gasteiger partial charge in [-0.2, -0.15) is 0 Å². The molecule has 1 aromatic carbocycles. The average Bonchev–Trinajstić information content (AvgIpc) is 2.64. The number of benzene rings is 1. The molecule has 9 nitrogen and oxygen atoms in total. The Hall–Kier alpha value is -2.46. The van der Waals surface area contributed by atoms with Crippen molar-refractivity contribution in [3.63, 3.8) is 0 Å². The summed E-state index contributed by atoms with van der Waals surface area (Å²) in [4.78, 5) is 35.9. The molecule has 0 saturated carbocycles. The van der Waals surface area contributed by atoms with Crippen LogP contribution in [-0.4, -0.2) is 64.9 Å². The van der Waals surface area contributed by atoms with Crippen molar-refractivity contribution in [2.75, 3.05) is 33.8 Å². The van der Waals surface area contributed by atoms with E-state index in [9.17, 15) is 22.8 Å². The number of carbonyl (C=O) groups is 3. The van der Waals surface area contributed by atoms with E-state index in [1.165, 1.54) is 17.0 Å². The summed E-state index contributed by atoms with van der Waals surface area (Å²) < 4.78 is 31.5. The minimum absolute atomic E-state index is 0.107. The van der Waals surface area contributed by atoms with Crippen LogP contribution in [0.3, 0.4) is 0 Å². The van der Waals surface area contributed by atoms with Gasteiger partial charge in [0.2, 0.25) is 15.9 Å². The van der Waals surface area contributed by atoms with E-state index in [0.717, 1.165) is 5.56 Å². The molecule has 0 radical (unpaired) electrons. The first-order valence-corrected chi connectivity index (χ1v) is 10.2. The van der Waals surface area contributed by atoms with Crippen molar-refractivity contribution in [2.45, 2.75) is 31.1 Å². The normalized spacial score (nSPS) is 11.2. The lowest BCUT2D eigenvalue weighted by molar-refractivity contribution is -0.148. The van der Waals surface area contributed by atoms with Gasteiger partial charge in [-0.1, -0.05) is 26.0 Å². The molecule has 0 atom stereocenters. The number of nitrogens with zero attached hydrogens (tertiary/aromatic N) is 1. The van der Waals surface area contributed by atoms with Crippen LogP contribution in [0.4, 0.5) is 0 Å². The number of ether oxygens (including phenoxy) is 1. The van der Waals surface area contributed by atoms with Crippen LogP contribution in [0, 0.1) is 0 Å². The molecule has 0 aliphatic heterocycles. The van der Waals surface area contributed by atoms with Crippen molar-refractivity contribution in [1.29, 1.82) is 0 Å². The molecular weight excluding hydrogens is 386 g/mol. The SMILES string of the molecule is CC(C)c1ccc(S(=O)(=O)NCCC(=O)OCC(=O)NCC(=O)N(C)C)cc1. The van der Waals surface area contributed by atoms with Crippen LogP contribution in [0.2, 0.25) is 0 Å². The van der Waals surface area contributed by atoms with Crippen LogP contribution in [0.1, 0.15) is 31.7 Å². The summed E-state index contributed by atoms with van der Waals surface area (Å²) in [6, 6.07) is 6.50. The maximum Gasteiger partial charge on any atom is 0.307 e. The molecule has 0 heterocycles. The number of hydrogen-bond acceptors (Lipinski definition) is 6. The molecule has 2 amide bonds. The molecule has 1 aromatic rings. The Bertz CT molecular complexity index is 788. The third-order valence-electron chi connectivity index (χ3n) is 3.78. The smallest absolute Gasteiger partial charge is 0.307 e. The van der Waals surface area contributed by atoms with E-state index in [-0.39, 0.29) is 36.2 Å². The van der Waals surface area contributed by atoms with Crippen molar-refractivity contribution in [2.24, 2.45) is 0 Å². The van der Waals surface area contributed by atoms with E-state index in [4.69, 9.17) is 4.74 Å². The first kappa shape index (κ1) is 23.6. The molecule has 0 unspecified atom stereocenters. The highest BCUT2D eigenvalue weighted by Gasteiger charge is 2.15. The first-order chi connectivity index (χ1) is 13.0. The van der Waals surface area contributed by atoms with Crippen LogP contribution in [0.15, 0.2) is 29.2 Å². The van der Waals surface area contributed by atoms with Gasteiger partial charge in [0, 0.05) is 20.6 Å². The molecule has 0 aliphatic rings. The Morgan fingerprint density at radius 3 is 2.25 bits per heavy atom. The number of amides is 2. The molecule has 28 heavy (non-hydrogen) atoms. The number of rotatable bonds is 10. The minimum Gasteiger partial charge on any atom is -0.456 e. The Kier molecular flexibility index (Phi) is 9.07. The Labute approximate surface area is 165 Å². The van der Waals surface area contributed by atoms with Gasteiger partial charge in [0.15, 0.2) is 6.61 Å². The van der Waals surface area contributed by atoms with Crippen molar-refractivity contribution >= 4 is 27.8 Å². The van der Waals surface area contributed by atoms with Crippen LogP contribution in [0.5, 0.6) is 0 Å². The zero-order valence-electron chi connectivity index (χ0n) is 16.5. The molecule has 0 aliphatic carbocycles. The summed E-state index contributed by atoms with van der Waals surface area (Å²) in [5.74, 6) is -1.35.